The number of amides is 1. The monoisotopic (exact) mass is 441 g/mol. The number of nitrogens with one attached hydrogen (secondary N) is 1. The van der Waals surface area contributed by atoms with Crippen LogP contribution < -0.4 is 5.32 Å². The molecule has 0 saturated carbocycles. The highest BCUT2D eigenvalue weighted by atomic mass is 16.5. The molecule has 0 radical (unpaired) electrons. The normalized spacial score (nSPS) is 26.2. The Morgan fingerprint density at radius 3 is 2.81 bits per heavy atom. The van der Waals surface area contributed by atoms with Gasteiger partial charge in [0.25, 0.3) is 0 Å². The number of aliphatic hydroxyl groups is 1. The highest BCUT2D eigenvalue weighted by molar-refractivity contribution is 5.94. The minimum Gasteiger partial charge on any atom is -0.507 e. The highest BCUT2D eigenvalue weighted by Crippen LogP contribution is 2.32. The van der Waals surface area contributed by atoms with Gasteiger partial charge < -0.3 is 25.0 Å². The molecule has 32 heavy (non-hydrogen) atoms. The molecule has 0 aliphatic carbocycles. The number of hydrogen-bond donors (Lipinski definition) is 3. The summed E-state index contributed by atoms with van der Waals surface area (Å²) < 4.78 is 11.9. The van der Waals surface area contributed by atoms with Gasteiger partial charge in [-0.05, 0) is 37.3 Å². The predicted octanol–water partition coefficient (Wildman–Crippen LogP) is 3.31. The first-order chi connectivity index (χ1) is 15.5. The highest BCUT2D eigenvalue weighted by Gasteiger charge is 2.34. The molecular weight excluding hydrogens is 410 g/mol. The Kier molecular flexibility index (Phi) is 8.64. The van der Waals surface area contributed by atoms with Crippen molar-refractivity contribution < 1.29 is 29.3 Å². The van der Waals surface area contributed by atoms with E-state index in [1.54, 1.807) is 24.3 Å². The van der Waals surface area contributed by atoms with Gasteiger partial charge >= 0.3 is 5.97 Å². The predicted molar refractivity (Wildman–Crippen MR) is 120 cm³/mol. The van der Waals surface area contributed by atoms with Crippen LogP contribution in [0.5, 0.6) is 5.75 Å². The van der Waals surface area contributed by atoms with E-state index >= 15 is 0 Å². The number of rotatable bonds is 6. The number of carbonyl (C=O) groups excluding carboxylic acids is 2. The second-order valence-electron chi connectivity index (χ2n) is 8.13. The summed E-state index contributed by atoms with van der Waals surface area (Å²) in [6.45, 7) is 2.01. The molecule has 7 nitrogen and oxygen atoms in total. The number of cyclic esters (lactones) is 1. The second-order valence-corrected chi connectivity index (χ2v) is 8.13. The van der Waals surface area contributed by atoms with Crippen molar-refractivity contribution >= 4 is 11.9 Å². The number of benzene rings is 1. The largest absolute Gasteiger partial charge is 0.507 e. The lowest BCUT2D eigenvalue weighted by molar-refractivity contribution is -0.115. The summed E-state index contributed by atoms with van der Waals surface area (Å²) in [6.07, 6.45) is 11.7. The molecule has 7 heteroatoms. The van der Waals surface area contributed by atoms with Crippen LogP contribution >= 0.6 is 0 Å². The average Bonchev–Trinajstić information content (AvgIpc) is 2.73. The Morgan fingerprint density at radius 1 is 1.19 bits per heavy atom. The lowest BCUT2D eigenvalue weighted by atomic mass is 9.91. The first kappa shape index (κ1) is 23.8. The molecular formula is C25H31NO6. The maximum absolute atomic E-state index is 12.9. The van der Waals surface area contributed by atoms with Crippen LogP contribution in [0.2, 0.25) is 0 Å². The molecule has 1 unspecified atom stereocenters. The van der Waals surface area contributed by atoms with E-state index in [2.05, 4.69) is 5.32 Å². The molecule has 3 rings (SSSR count). The Bertz CT molecular complexity index is 890. The topological polar surface area (TPSA) is 105 Å². The van der Waals surface area contributed by atoms with Gasteiger partial charge in [-0.2, -0.15) is 0 Å². The average molecular weight is 442 g/mol. The van der Waals surface area contributed by atoms with E-state index in [-0.39, 0.29) is 29.4 Å². The van der Waals surface area contributed by atoms with E-state index in [9.17, 15) is 19.8 Å². The zero-order chi connectivity index (χ0) is 22.9. The second kappa shape index (κ2) is 11.6. The van der Waals surface area contributed by atoms with Crippen molar-refractivity contribution in [2.45, 2.75) is 69.9 Å². The summed E-state index contributed by atoms with van der Waals surface area (Å²) >= 11 is 0. The molecule has 3 N–H and O–H groups in total. The Morgan fingerprint density at radius 2 is 2.00 bits per heavy atom. The van der Waals surface area contributed by atoms with Crippen LogP contribution in [0.4, 0.5) is 0 Å². The summed E-state index contributed by atoms with van der Waals surface area (Å²) in [4.78, 5) is 24.7. The van der Waals surface area contributed by atoms with E-state index < -0.39 is 18.2 Å². The number of fused-ring (bicyclic) bond motifs is 3. The van der Waals surface area contributed by atoms with Crippen LogP contribution in [0, 0.1) is 0 Å². The van der Waals surface area contributed by atoms with Crippen LogP contribution in [0.15, 0.2) is 54.8 Å². The molecule has 0 spiro atoms. The minimum atomic E-state index is -0.577. The SMILES string of the molecule is CCC=CC=CC(=O)NC=CCC1C[C@H]2C[C@@H](O)C[C@H](Cc3cccc(O)c3C(=O)O1)O2. The molecule has 0 aromatic heterocycles. The van der Waals surface area contributed by atoms with Crippen LogP contribution in [0.3, 0.4) is 0 Å². The van der Waals surface area contributed by atoms with Crippen LogP contribution in [-0.4, -0.2) is 46.5 Å². The molecule has 1 aromatic rings. The number of allylic oxidation sites excluding steroid dienone is 3. The molecule has 2 aliphatic heterocycles. The number of esters is 1. The molecule has 4 atom stereocenters. The van der Waals surface area contributed by atoms with Crippen molar-refractivity contribution in [2.75, 3.05) is 0 Å². The molecule has 2 aliphatic rings. The van der Waals surface area contributed by atoms with Gasteiger partial charge in [0, 0.05) is 25.1 Å². The maximum atomic E-state index is 12.9. The lowest BCUT2D eigenvalue weighted by Crippen LogP contribution is -2.40. The van der Waals surface area contributed by atoms with Gasteiger partial charge in [-0.15, -0.1) is 0 Å². The van der Waals surface area contributed by atoms with Gasteiger partial charge in [0.1, 0.15) is 17.4 Å². The standard InChI is InChI=1S/C25H31NO6/c1-2-3-4-5-11-23(29)26-12-7-9-19-16-21-15-18(27)14-20(31-21)13-17-8-6-10-22(28)24(17)25(30)32-19/h3-8,10-12,18-21,27-28H,2,9,13-16H2,1H3,(H,26,29)/t18-,19?,20-,21+/m0/s1. The van der Waals surface area contributed by atoms with E-state index in [1.165, 1.54) is 18.3 Å². The summed E-state index contributed by atoms with van der Waals surface area (Å²) in [7, 11) is 0. The number of carbonyl (C=O) groups is 2. The maximum Gasteiger partial charge on any atom is 0.342 e. The first-order valence-electron chi connectivity index (χ1n) is 11.1. The zero-order valence-corrected chi connectivity index (χ0v) is 18.3. The van der Waals surface area contributed by atoms with Gasteiger partial charge in [-0.1, -0.05) is 43.4 Å². The van der Waals surface area contributed by atoms with E-state index in [1.807, 2.05) is 19.1 Å². The Balaban J connectivity index is 1.70. The smallest absolute Gasteiger partial charge is 0.342 e. The third kappa shape index (κ3) is 6.80. The van der Waals surface area contributed by atoms with Crippen molar-refractivity contribution in [3.63, 3.8) is 0 Å². The van der Waals surface area contributed by atoms with Gasteiger partial charge in [-0.25, -0.2) is 4.79 Å². The quantitative estimate of drug-likeness (QED) is 0.355. The molecule has 1 amide bonds. The number of phenols is 1. The fourth-order valence-electron chi connectivity index (χ4n) is 4.07. The fourth-order valence-corrected chi connectivity index (χ4v) is 4.07. The van der Waals surface area contributed by atoms with Crippen molar-refractivity contribution in [3.05, 3.63) is 65.9 Å². The van der Waals surface area contributed by atoms with Crippen LogP contribution in [0.25, 0.3) is 0 Å². The molecule has 2 heterocycles. The van der Waals surface area contributed by atoms with Crippen molar-refractivity contribution in [3.8, 4) is 5.75 Å². The van der Waals surface area contributed by atoms with E-state index in [0.717, 1.165) is 6.42 Å². The zero-order valence-electron chi connectivity index (χ0n) is 18.3. The Hall–Kier alpha value is -2.90. The molecule has 1 saturated heterocycles. The van der Waals surface area contributed by atoms with Crippen LogP contribution in [-0.2, 0) is 20.7 Å². The fraction of sp³-hybridized carbons (Fsp3) is 0.440. The third-order valence-electron chi connectivity index (χ3n) is 5.51. The number of aliphatic hydroxyl groups excluding tert-OH is 1. The van der Waals surface area contributed by atoms with Gasteiger partial charge in [-0.3, -0.25) is 4.79 Å². The van der Waals surface area contributed by atoms with Gasteiger partial charge in [0.15, 0.2) is 0 Å². The first-order valence-corrected chi connectivity index (χ1v) is 11.1. The third-order valence-corrected chi connectivity index (χ3v) is 5.51. The van der Waals surface area contributed by atoms with Crippen LogP contribution in [0.1, 0.15) is 54.9 Å². The van der Waals surface area contributed by atoms with Crippen molar-refractivity contribution in [1.29, 1.82) is 0 Å². The number of aromatic hydroxyl groups is 1. The molecule has 1 aromatic carbocycles. The summed E-state index contributed by atoms with van der Waals surface area (Å²) in [5.41, 5.74) is 0.780. The summed E-state index contributed by atoms with van der Waals surface area (Å²) in [5.74, 6) is -0.969. The number of hydrogen-bond acceptors (Lipinski definition) is 6. The van der Waals surface area contributed by atoms with E-state index in [0.29, 0.717) is 37.7 Å². The van der Waals surface area contributed by atoms with E-state index in [4.69, 9.17) is 9.47 Å². The molecule has 1 fully saturated rings. The summed E-state index contributed by atoms with van der Waals surface area (Å²) in [5, 5.41) is 23.2. The Labute approximate surface area is 188 Å². The summed E-state index contributed by atoms with van der Waals surface area (Å²) in [6, 6.07) is 4.91. The number of ether oxygens (including phenoxy) is 2. The molecule has 2 bridgehead atoms. The minimum absolute atomic E-state index is 0.133. The van der Waals surface area contributed by atoms with Crippen molar-refractivity contribution in [2.24, 2.45) is 0 Å². The lowest BCUT2D eigenvalue weighted by Gasteiger charge is -2.36. The van der Waals surface area contributed by atoms with Crippen molar-refractivity contribution in [1.82, 2.24) is 5.32 Å². The van der Waals surface area contributed by atoms with Gasteiger partial charge in [0.05, 0.1) is 18.3 Å². The van der Waals surface area contributed by atoms with Gasteiger partial charge in [0.2, 0.25) is 5.91 Å². The molecule has 172 valence electrons. The number of phenolic OH excluding ortho intramolecular Hbond substituents is 1.